The van der Waals surface area contributed by atoms with E-state index in [9.17, 15) is 9.18 Å². The van der Waals surface area contributed by atoms with Crippen molar-refractivity contribution in [3.05, 3.63) is 35.6 Å². The molecule has 1 heterocycles. The third kappa shape index (κ3) is 4.63. The molecule has 1 aliphatic carbocycles. The first kappa shape index (κ1) is 19.3. The van der Waals surface area contributed by atoms with Gasteiger partial charge in [-0.1, -0.05) is 26.0 Å². The van der Waals surface area contributed by atoms with Crippen LogP contribution in [-0.4, -0.2) is 43.0 Å². The molecule has 2 aliphatic rings. The van der Waals surface area contributed by atoms with Crippen molar-refractivity contribution in [2.45, 2.75) is 51.7 Å². The number of hydrogen-bond donors (Lipinski definition) is 2. The van der Waals surface area contributed by atoms with Crippen molar-refractivity contribution in [3.8, 4) is 0 Å². The second-order valence-corrected chi connectivity index (χ2v) is 8.41. The van der Waals surface area contributed by atoms with Crippen LogP contribution in [0.25, 0.3) is 0 Å². The Kier molecular flexibility index (Phi) is 6.30. The van der Waals surface area contributed by atoms with E-state index in [-0.39, 0.29) is 23.8 Å². The number of amides is 1. The first-order valence-corrected chi connectivity index (χ1v) is 9.90. The normalized spacial score (nSPS) is 26.9. The van der Waals surface area contributed by atoms with Crippen molar-refractivity contribution < 1.29 is 9.18 Å². The third-order valence-electron chi connectivity index (χ3n) is 5.95. The molecular formula is C21H32FN3O. The lowest BCUT2D eigenvalue weighted by Gasteiger charge is -2.25. The van der Waals surface area contributed by atoms with E-state index in [4.69, 9.17) is 0 Å². The van der Waals surface area contributed by atoms with Gasteiger partial charge in [0.2, 0.25) is 5.91 Å². The van der Waals surface area contributed by atoms with E-state index in [0.717, 1.165) is 38.0 Å². The highest BCUT2D eigenvalue weighted by Crippen LogP contribution is 2.38. The molecule has 2 unspecified atom stereocenters. The monoisotopic (exact) mass is 361 g/mol. The minimum Gasteiger partial charge on any atom is -0.352 e. The predicted molar refractivity (Wildman–Crippen MR) is 102 cm³/mol. The summed E-state index contributed by atoms with van der Waals surface area (Å²) in [5, 5.41) is 6.48. The average molecular weight is 362 g/mol. The molecule has 0 spiro atoms. The Morgan fingerprint density at radius 1 is 1.23 bits per heavy atom. The van der Waals surface area contributed by atoms with Crippen molar-refractivity contribution in [2.75, 3.05) is 20.1 Å². The Labute approximate surface area is 156 Å². The van der Waals surface area contributed by atoms with Gasteiger partial charge in [0.25, 0.3) is 0 Å². The van der Waals surface area contributed by atoms with Gasteiger partial charge in [-0.15, -0.1) is 0 Å². The average Bonchev–Trinajstić information content (AvgIpc) is 3.16. The van der Waals surface area contributed by atoms with Crippen LogP contribution >= 0.6 is 0 Å². The summed E-state index contributed by atoms with van der Waals surface area (Å²) in [6.07, 6.45) is 3.13. The Morgan fingerprint density at radius 3 is 2.62 bits per heavy atom. The van der Waals surface area contributed by atoms with Gasteiger partial charge in [0, 0.05) is 25.7 Å². The molecule has 1 saturated heterocycles. The maximum absolute atomic E-state index is 13.1. The number of fused-ring (bicyclic) bond motifs is 1. The molecule has 1 aromatic carbocycles. The molecule has 0 radical (unpaired) electrons. The summed E-state index contributed by atoms with van der Waals surface area (Å²) in [5.41, 5.74) is 1.15. The van der Waals surface area contributed by atoms with Crippen molar-refractivity contribution in [3.63, 3.8) is 0 Å². The van der Waals surface area contributed by atoms with Crippen LogP contribution in [0.3, 0.4) is 0 Å². The lowest BCUT2D eigenvalue weighted by molar-refractivity contribution is -0.124. The number of nitrogens with zero attached hydrogens (tertiary/aromatic N) is 1. The van der Waals surface area contributed by atoms with Crippen molar-refractivity contribution in [2.24, 2.45) is 17.8 Å². The summed E-state index contributed by atoms with van der Waals surface area (Å²) in [7, 11) is 1.87. The number of likely N-dealkylation sites (N-methyl/N-ethyl adjacent to an activating group) is 1. The number of rotatable bonds is 7. The summed E-state index contributed by atoms with van der Waals surface area (Å²) in [5.74, 6) is 1.65. The Hall–Kier alpha value is -1.46. The largest absolute Gasteiger partial charge is 0.352 e. The highest BCUT2D eigenvalue weighted by atomic mass is 19.1. The Bertz CT molecular complexity index is 604. The fourth-order valence-corrected chi connectivity index (χ4v) is 4.62. The molecule has 1 amide bonds. The molecule has 3 rings (SSSR count). The summed E-state index contributed by atoms with van der Waals surface area (Å²) in [4.78, 5) is 15.1. The number of carbonyl (C=O) groups is 1. The van der Waals surface area contributed by atoms with Gasteiger partial charge >= 0.3 is 0 Å². The molecule has 1 aromatic rings. The van der Waals surface area contributed by atoms with E-state index >= 15 is 0 Å². The van der Waals surface area contributed by atoms with Gasteiger partial charge in [0.15, 0.2) is 0 Å². The summed E-state index contributed by atoms with van der Waals surface area (Å²) in [6.45, 7) is 7.25. The second-order valence-electron chi connectivity index (χ2n) is 8.41. The predicted octanol–water partition coefficient (Wildman–Crippen LogP) is 2.79. The molecule has 4 nitrogen and oxygen atoms in total. The van der Waals surface area contributed by atoms with E-state index in [2.05, 4.69) is 29.4 Å². The summed E-state index contributed by atoms with van der Waals surface area (Å²) in [6, 6.07) is 6.97. The van der Waals surface area contributed by atoms with Gasteiger partial charge in [0.05, 0.1) is 6.04 Å². The lowest BCUT2D eigenvalue weighted by atomic mass is 9.97. The minimum absolute atomic E-state index is 0.106. The Balaban J connectivity index is 1.54. The van der Waals surface area contributed by atoms with Gasteiger partial charge in [0.1, 0.15) is 5.82 Å². The van der Waals surface area contributed by atoms with Gasteiger partial charge in [-0.25, -0.2) is 4.39 Å². The van der Waals surface area contributed by atoms with Crippen LogP contribution in [0, 0.1) is 23.6 Å². The molecule has 2 N–H and O–H groups in total. The quantitative estimate of drug-likeness (QED) is 0.785. The maximum Gasteiger partial charge on any atom is 0.237 e. The number of carbonyl (C=O) groups excluding carboxylic acids is 1. The van der Waals surface area contributed by atoms with Crippen molar-refractivity contribution in [1.29, 1.82) is 0 Å². The third-order valence-corrected chi connectivity index (χ3v) is 5.95. The maximum atomic E-state index is 13.1. The number of nitrogens with one attached hydrogen (secondary N) is 2. The molecule has 144 valence electrons. The smallest absolute Gasteiger partial charge is 0.237 e. The molecule has 0 bridgehead atoms. The molecule has 4 atom stereocenters. The van der Waals surface area contributed by atoms with Gasteiger partial charge in [-0.3, -0.25) is 9.69 Å². The minimum atomic E-state index is -0.185. The van der Waals surface area contributed by atoms with Crippen LogP contribution < -0.4 is 10.6 Å². The van der Waals surface area contributed by atoms with Crippen LogP contribution in [0.15, 0.2) is 24.3 Å². The first-order valence-electron chi connectivity index (χ1n) is 9.90. The zero-order valence-electron chi connectivity index (χ0n) is 16.2. The van der Waals surface area contributed by atoms with E-state index in [0.29, 0.717) is 17.8 Å². The highest BCUT2D eigenvalue weighted by Gasteiger charge is 2.43. The van der Waals surface area contributed by atoms with Gasteiger partial charge in [-0.05, 0) is 61.8 Å². The molecule has 2 fully saturated rings. The van der Waals surface area contributed by atoms with Gasteiger partial charge < -0.3 is 10.6 Å². The molecule has 0 aromatic heterocycles. The van der Waals surface area contributed by atoms with Crippen LogP contribution in [0.2, 0.25) is 0 Å². The number of hydrogen-bond acceptors (Lipinski definition) is 3. The topological polar surface area (TPSA) is 44.4 Å². The first-order chi connectivity index (χ1) is 12.5. The fourth-order valence-electron chi connectivity index (χ4n) is 4.62. The molecule has 1 saturated carbocycles. The van der Waals surface area contributed by atoms with Crippen LogP contribution in [0.1, 0.15) is 38.7 Å². The Morgan fingerprint density at radius 2 is 1.96 bits per heavy atom. The number of benzene rings is 1. The summed E-state index contributed by atoms with van der Waals surface area (Å²) >= 11 is 0. The standard InChI is InChI=1S/C21H32FN3O/c1-14(2)10-20(23-3)21(26)24-19-9-6-16-12-25(13-18(16)19)11-15-4-7-17(22)8-5-15/h4-5,7-8,14,16,18-20,23H,6,9-13H2,1-3H3,(H,24,26)/t16-,18?,19?,20-/m0/s1. The van der Waals surface area contributed by atoms with Gasteiger partial charge in [-0.2, -0.15) is 0 Å². The van der Waals surface area contributed by atoms with E-state index in [1.54, 1.807) is 0 Å². The highest BCUT2D eigenvalue weighted by molar-refractivity contribution is 5.82. The fraction of sp³-hybridized carbons (Fsp3) is 0.667. The molecule has 26 heavy (non-hydrogen) atoms. The molecule has 5 heteroatoms. The van der Waals surface area contributed by atoms with E-state index in [1.165, 1.54) is 18.6 Å². The van der Waals surface area contributed by atoms with E-state index < -0.39 is 0 Å². The molecular weight excluding hydrogens is 329 g/mol. The second kappa shape index (κ2) is 8.49. The van der Waals surface area contributed by atoms with Crippen molar-refractivity contribution >= 4 is 5.91 Å². The van der Waals surface area contributed by atoms with Crippen molar-refractivity contribution in [1.82, 2.24) is 15.5 Å². The zero-order chi connectivity index (χ0) is 18.7. The van der Waals surface area contributed by atoms with Crippen LogP contribution in [0.4, 0.5) is 4.39 Å². The molecule has 1 aliphatic heterocycles. The number of likely N-dealkylation sites (tertiary alicyclic amines) is 1. The number of halogens is 1. The summed E-state index contributed by atoms with van der Waals surface area (Å²) < 4.78 is 13.1. The van der Waals surface area contributed by atoms with Crippen LogP contribution in [0.5, 0.6) is 0 Å². The lowest BCUT2D eigenvalue weighted by Crippen LogP contribution is -2.49. The zero-order valence-corrected chi connectivity index (χ0v) is 16.2. The van der Waals surface area contributed by atoms with Crippen LogP contribution in [-0.2, 0) is 11.3 Å². The van der Waals surface area contributed by atoms with E-state index in [1.807, 2.05) is 19.2 Å². The SMILES string of the molecule is CN[C@@H](CC(C)C)C(=O)NC1CC[C@H]2CN(Cc3ccc(F)cc3)CC12.